The minimum atomic E-state index is -0.0653. The molecule has 7 heteroatoms. The van der Waals surface area contributed by atoms with Gasteiger partial charge in [-0.3, -0.25) is 9.48 Å². The van der Waals surface area contributed by atoms with Crippen LogP contribution in [0.3, 0.4) is 0 Å². The van der Waals surface area contributed by atoms with Gasteiger partial charge in [-0.2, -0.15) is 5.10 Å². The number of hydrogen-bond donors (Lipinski definition) is 0. The molecule has 0 radical (unpaired) electrons. The summed E-state index contributed by atoms with van der Waals surface area (Å²) in [5, 5.41) is 4.49. The van der Waals surface area contributed by atoms with E-state index >= 15 is 0 Å². The van der Waals surface area contributed by atoms with Crippen LogP contribution >= 0.6 is 0 Å². The molecule has 0 unspecified atom stereocenters. The van der Waals surface area contributed by atoms with Crippen molar-refractivity contribution >= 4 is 5.91 Å². The standard InChI is InChI=1S/C18H23N5O2/c1-2-23-17-14(7-21-23)8-22(18(24)16-5-6-19-12-20-16)9-15(17)11-25-10-13-3-4-13/h5-7,12-13,15H,2-4,8-11H2,1H3/t15-/m0/s1. The summed E-state index contributed by atoms with van der Waals surface area (Å²) in [5.41, 5.74) is 2.75. The lowest BCUT2D eigenvalue weighted by molar-refractivity contribution is 0.0615. The van der Waals surface area contributed by atoms with Crippen LogP contribution in [0.2, 0.25) is 0 Å². The van der Waals surface area contributed by atoms with Crippen LogP contribution in [0.1, 0.15) is 47.4 Å². The number of amides is 1. The van der Waals surface area contributed by atoms with Crippen molar-refractivity contribution in [2.45, 2.75) is 38.8 Å². The van der Waals surface area contributed by atoms with Crippen molar-refractivity contribution in [2.75, 3.05) is 19.8 Å². The van der Waals surface area contributed by atoms with Gasteiger partial charge in [0, 0.05) is 43.9 Å². The normalized spacial score (nSPS) is 19.7. The van der Waals surface area contributed by atoms with Gasteiger partial charge in [0.1, 0.15) is 12.0 Å². The molecule has 25 heavy (non-hydrogen) atoms. The second-order valence-corrected chi connectivity index (χ2v) is 6.83. The Morgan fingerprint density at radius 1 is 1.36 bits per heavy atom. The van der Waals surface area contributed by atoms with Crippen molar-refractivity contribution in [2.24, 2.45) is 5.92 Å². The molecule has 0 bridgehead atoms. The highest BCUT2D eigenvalue weighted by Crippen LogP contribution is 2.32. The second kappa shape index (κ2) is 6.92. The molecule has 0 spiro atoms. The van der Waals surface area contributed by atoms with Crippen molar-refractivity contribution in [3.63, 3.8) is 0 Å². The fourth-order valence-corrected chi connectivity index (χ4v) is 3.43. The molecular formula is C18H23N5O2. The molecular weight excluding hydrogens is 318 g/mol. The van der Waals surface area contributed by atoms with E-state index in [1.165, 1.54) is 24.9 Å². The smallest absolute Gasteiger partial charge is 0.272 e. The number of nitrogens with zero attached hydrogens (tertiary/aromatic N) is 5. The average Bonchev–Trinajstić information content (AvgIpc) is 3.38. The number of fused-ring (bicyclic) bond motifs is 1. The number of ether oxygens (including phenoxy) is 1. The number of hydrogen-bond acceptors (Lipinski definition) is 5. The quantitative estimate of drug-likeness (QED) is 0.802. The van der Waals surface area contributed by atoms with Gasteiger partial charge in [0.05, 0.1) is 18.5 Å². The molecule has 1 fully saturated rings. The molecule has 4 rings (SSSR count). The highest BCUT2D eigenvalue weighted by Gasteiger charge is 2.33. The number of aryl methyl sites for hydroxylation is 1. The molecule has 7 nitrogen and oxygen atoms in total. The van der Waals surface area contributed by atoms with Crippen LogP contribution < -0.4 is 0 Å². The van der Waals surface area contributed by atoms with Crippen molar-refractivity contribution in [3.8, 4) is 0 Å². The van der Waals surface area contributed by atoms with Gasteiger partial charge in [-0.05, 0) is 31.7 Å². The SMILES string of the molecule is CCn1ncc2c1[C@H](COCC1CC1)CN(C(=O)c1ccncn1)C2. The zero-order valence-electron chi connectivity index (χ0n) is 14.5. The summed E-state index contributed by atoms with van der Waals surface area (Å²) in [7, 11) is 0. The third kappa shape index (κ3) is 3.42. The molecule has 3 heterocycles. The maximum atomic E-state index is 12.8. The van der Waals surface area contributed by atoms with E-state index in [-0.39, 0.29) is 11.8 Å². The van der Waals surface area contributed by atoms with E-state index < -0.39 is 0 Å². The molecule has 2 aliphatic rings. The van der Waals surface area contributed by atoms with Gasteiger partial charge < -0.3 is 9.64 Å². The first-order valence-corrected chi connectivity index (χ1v) is 8.94. The Morgan fingerprint density at radius 2 is 2.24 bits per heavy atom. The van der Waals surface area contributed by atoms with Gasteiger partial charge in [-0.25, -0.2) is 9.97 Å². The highest BCUT2D eigenvalue weighted by atomic mass is 16.5. The van der Waals surface area contributed by atoms with E-state index in [0.29, 0.717) is 25.4 Å². The Morgan fingerprint density at radius 3 is 2.96 bits per heavy atom. The Labute approximate surface area is 147 Å². The third-order valence-corrected chi connectivity index (χ3v) is 4.91. The predicted octanol–water partition coefficient (Wildman–Crippen LogP) is 1.86. The zero-order chi connectivity index (χ0) is 17.2. The van der Waals surface area contributed by atoms with Crippen LogP contribution in [-0.2, 0) is 17.8 Å². The molecule has 1 aliphatic heterocycles. The Balaban J connectivity index is 1.54. The molecule has 1 saturated carbocycles. The summed E-state index contributed by atoms with van der Waals surface area (Å²) in [6.07, 6.45) is 7.45. The lowest BCUT2D eigenvalue weighted by Crippen LogP contribution is -2.40. The first-order chi connectivity index (χ1) is 12.3. The van der Waals surface area contributed by atoms with Gasteiger partial charge in [0.2, 0.25) is 0 Å². The summed E-state index contributed by atoms with van der Waals surface area (Å²) in [6, 6.07) is 1.66. The first kappa shape index (κ1) is 16.2. The van der Waals surface area contributed by atoms with Crippen molar-refractivity contribution in [3.05, 3.63) is 41.7 Å². The summed E-state index contributed by atoms with van der Waals surface area (Å²) in [4.78, 5) is 22.6. The predicted molar refractivity (Wildman–Crippen MR) is 91.0 cm³/mol. The van der Waals surface area contributed by atoms with E-state index in [9.17, 15) is 4.79 Å². The zero-order valence-corrected chi connectivity index (χ0v) is 14.5. The monoisotopic (exact) mass is 341 g/mol. The lowest BCUT2D eigenvalue weighted by Gasteiger charge is -2.33. The summed E-state index contributed by atoms with van der Waals surface area (Å²) >= 11 is 0. The number of carbonyl (C=O) groups is 1. The van der Waals surface area contributed by atoms with E-state index in [1.54, 1.807) is 12.3 Å². The molecule has 1 aliphatic carbocycles. The minimum absolute atomic E-state index is 0.0653. The first-order valence-electron chi connectivity index (χ1n) is 8.94. The molecule has 132 valence electrons. The van der Waals surface area contributed by atoms with E-state index in [2.05, 4.69) is 22.0 Å². The number of rotatable bonds is 6. The van der Waals surface area contributed by atoms with Gasteiger partial charge in [0.25, 0.3) is 5.91 Å². The summed E-state index contributed by atoms with van der Waals surface area (Å²) in [5.74, 6) is 0.818. The van der Waals surface area contributed by atoms with Crippen LogP contribution in [0, 0.1) is 5.92 Å². The molecule has 0 N–H and O–H groups in total. The highest BCUT2D eigenvalue weighted by molar-refractivity contribution is 5.92. The van der Waals surface area contributed by atoms with Crippen LogP contribution in [0.4, 0.5) is 0 Å². The number of aromatic nitrogens is 4. The van der Waals surface area contributed by atoms with Gasteiger partial charge in [-0.15, -0.1) is 0 Å². The largest absolute Gasteiger partial charge is 0.380 e. The summed E-state index contributed by atoms with van der Waals surface area (Å²) in [6.45, 7) is 5.57. The van der Waals surface area contributed by atoms with Gasteiger partial charge in [0.15, 0.2) is 0 Å². The molecule has 2 aromatic heterocycles. The topological polar surface area (TPSA) is 73.1 Å². The second-order valence-electron chi connectivity index (χ2n) is 6.83. The number of carbonyl (C=O) groups excluding carboxylic acids is 1. The Bertz CT molecular complexity index is 741. The molecule has 1 atom stereocenters. The molecule has 1 amide bonds. The van der Waals surface area contributed by atoms with E-state index in [0.717, 1.165) is 24.6 Å². The van der Waals surface area contributed by atoms with E-state index in [4.69, 9.17) is 4.74 Å². The maximum absolute atomic E-state index is 12.8. The van der Waals surface area contributed by atoms with Crippen LogP contribution in [0.25, 0.3) is 0 Å². The molecule has 2 aromatic rings. The summed E-state index contributed by atoms with van der Waals surface area (Å²) < 4.78 is 7.99. The van der Waals surface area contributed by atoms with E-state index in [1.807, 2.05) is 15.8 Å². The van der Waals surface area contributed by atoms with Crippen LogP contribution in [0.5, 0.6) is 0 Å². The van der Waals surface area contributed by atoms with Crippen molar-refractivity contribution in [1.29, 1.82) is 0 Å². The van der Waals surface area contributed by atoms with Crippen molar-refractivity contribution in [1.82, 2.24) is 24.6 Å². The fourth-order valence-electron chi connectivity index (χ4n) is 3.43. The molecule has 0 saturated heterocycles. The Hall–Kier alpha value is -2.28. The minimum Gasteiger partial charge on any atom is -0.380 e. The maximum Gasteiger partial charge on any atom is 0.272 e. The van der Waals surface area contributed by atoms with Gasteiger partial charge >= 0.3 is 0 Å². The van der Waals surface area contributed by atoms with Crippen LogP contribution in [-0.4, -0.2) is 50.3 Å². The fraction of sp³-hybridized carbons (Fsp3) is 0.556. The third-order valence-electron chi connectivity index (χ3n) is 4.91. The lowest BCUT2D eigenvalue weighted by atomic mass is 9.96. The van der Waals surface area contributed by atoms with Crippen LogP contribution in [0.15, 0.2) is 24.8 Å². The van der Waals surface area contributed by atoms with Gasteiger partial charge in [-0.1, -0.05) is 0 Å². The average molecular weight is 341 g/mol. The molecule has 0 aromatic carbocycles. The van der Waals surface area contributed by atoms with Crippen molar-refractivity contribution < 1.29 is 9.53 Å². The Kier molecular flexibility index (Phi) is 4.48.